The van der Waals surface area contributed by atoms with Crippen molar-refractivity contribution < 1.29 is 23.8 Å². The van der Waals surface area contributed by atoms with Crippen LogP contribution in [0.15, 0.2) is 132 Å². The first-order valence-electron chi connectivity index (χ1n) is 19.8. The molecule has 0 atom stereocenters. The van der Waals surface area contributed by atoms with Crippen molar-refractivity contribution in [3.8, 4) is 22.6 Å². The van der Waals surface area contributed by atoms with Crippen molar-refractivity contribution in [2.24, 2.45) is 10.2 Å². The quantitative estimate of drug-likeness (QED) is 0.0192. The molecule has 0 fully saturated rings. The molecule has 0 spiro atoms. The van der Waals surface area contributed by atoms with Gasteiger partial charge in [0.15, 0.2) is 0 Å². The van der Waals surface area contributed by atoms with Crippen LogP contribution in [0.2, 0.25) is 0 Å². The summed E-state index contributed by atoms with van der Waals surface area (Å²) in [6.07, 6.45) is 10.0. The normalized spacial score (nSPS) is 11.3. The first kappa shape index (κ1) is 41.5. The van der Waals surface area contributed by atoms with Crippen molar-refractivity contribution in [1.82, 2.24) is 9.97 Å². The Hall–Kier alpha value is -6.70. The second-order valence-electron chi connectivity index (χ2n) is 13.7. The zero-order valence-electron chi connectivity index (χ0n) is 33.1. The van der Waals surface area contributed by atoms with Crippen molar-refractivity contribution in [3.63, 3.8) is 0 Å². The summed E-state index contributed by atoms with van der Waals surface area (Å²) in [6, 6.07) is 34.9. The van der Waals surface area contributed by atoms with Crippen molar-refractivity contribution in [2.75, 3.05) is 24.1 Å². The monoisotopic (exact) mass is 836 g/mol. The number of aryl methyl sites for hydroxylation is 1. The van der Waals surface area contributed by atoms with Gasteiger partial charge in [-0.3, -0.25) is 10.9 Å². The third kappa shape index (κ3) is 11.3. The molecular weight excluding hydrogens is 793 g/mol. The molecular formula is C47H44N6O5S2. The molecule has 0 saturated heterocycles. The molecule has 2 heterocycles. The molecule has 0 radical (unpaired) electrons. The van der Waals surface area contributed by atoms with E-state index in [1.165, 1.54) is 34.3 Å². The van der Waals surface area contributed by atoms with Crippen LogP contribution >= 0.6 is 22.7 Å². The topological polar surface area (TPSA) is 136 Å². The molecule has 2 aromatic heterocycles. The molecule has 0 aliphatic rings. The van der Waals surface area contributed by atoms with E-state index in [-0.39, 0.29) is 0 Å². The van der Waals surface area contributed by atoms with Gasteiger partial charge in [-0.15, -0.1) is 0 Å². The molecule has 13 heteroatoms. The summed E-state index contributed by atoms with van der Waals surface area (Å²) in [6.45, 7) is 6.47. The fourth-order valence-corrected chi connectivity index (χ4v) is 7.91. The molecule has 5 aromatic carbocycles. The number of anilines is 2. The van der Waals surface area contributed by atoms with E-state index in [0.717, 1.165) is 70.1 Å². The molecule has 0 unspecified atom stereocenters. The number of thiazole rings is 2. The highest BCUT2D eigenvalue weighted by Crippen LogP contribution is 2.32. The minimum absolute atomic E-state index is 0.294. The van der Waals surface area contributed by atoms with Gasteiger partial charge in [0.1, 0.15) is 11.5 Å². The van der Waals surface area contributed by atoms with E-state index in [2.05, 4.69) is 68.8 Å². The Morgan fingerprint density at radius 1 is 0.733 bits per heavy atom. The van der Waals surface area contributed by atoms with Crippen LogP contribution in [0.3, 0.4) is 0 Å². The number of para-hydroxylation sites is 2. The zero-order valence-corrected chi connectivity index (χ0v) is 34.8. The number of carbonyl (C=O) groups is 2. The van der Waals surface area contributed by atoms with Gasteiger partial charge in [0.05, 0.1) is 51.6 Å². The molecule has 0 aliphatic carbocycles. The third-order valence-corrected chi connectivity index (χ3v) is 11.2. The molecule has 0 bridgehead atoms. The molecule has 7 aromatic rings. The number of ether oxygens (including phenoxy) is 3. The van der Waals surface area contributed by atoms with Crippen LogP contribution in [0.5, 0.6) is 11.5 Å². The van der Waals surface area contributed by atoms with E-state index in [1.807, 2.05) is 54.6 Å². The lowest BCUT2D eigenvalue weighted by atomic mass is 9.96. The number of hydrazone groups is 2. The maximum atomic E-state index is 13.7. The summed E-state index contributed by atoms with van der Waals surface area (Å²) in [5.41, 5.74) is 12.6. The van der Waals surface area contributed by atoms with Crippen LogP contribution < -0.4 is 20.3 Å². The number of rotatable bonds is 20. The number of hydrogen-bond acceptors (Lipinski definition) is 13. The summed E-state index contributed by atoms with van der Waals surface area (Å²) in [7, 11) is 0. The predicted octanol–water partition coefficient (Wildman–Crippen LogP) is 11.3. The second kappa shape index (κ2) is 20.8. The standard InChI is InChI=1S/C47H44N6O5S2/c1-3-13-32-18-20-33(21-19-32)38-28-36(31-49-53-47-51-40-15-8-10-17-43(40)60-47)41(29-35(38)30-48-52-46-50-39-14-7-9-16-42(39)59-46)58-45(55)34-22-24-37(25-23-34)56-26-11-5-6-12-27-57-44(54)4-2/h4,7-10,14-25,28-31H,2-3,5-6,11-13,26-27H2,1H3,(H,50,52)(H,51,53)/b48-30+,49-31+. The third-order valence-electron chi connectivity index (χ3n) is 9.31. The maximum Gasteiger partial charge on any atom is 0.343 e. The van der Waals surface area contributed by atoms with Gasteiger partial charge < -0.3 is 14.2 Å². The van der Waals surface area contributed by atoms with Gasteiger partial charge in [0.2, 0.25) is 10.3 Å². The summed E-state index contributed by atoms with van der Waals surface area (Å²) in [5, 5.41) is 10.4. The number of aromatic nitrogens is 2. The van der Waals surface area contributed by atoms with Gasteiger partial charge in [-0.1, -0.05) is 91.1 Å². The van der Waals surface area contributed by atoms with Crippen molar-refractivity contribution >= 4 is 77.7 Å². The van der Waals surface area contributed by atoms with Crippen LogP contribution in [-0.2, 0) is 16.0 Å². The number of nitrogens with zero attached hydrogens (tertiary/aromatic N) is 4. The number of hydrogen-bond donors (Lipinski definition) is 2. The van der Waals surface area contributed by atoms with Crippen molar-refractivity contribution in [2.45, 2.75) is 45.4 Å². The lowest BCUT2D eigenvalue weighted by Gasteiger charge is -2.14. The number of carbonyl (C=O) groups excluding carboxylic acids is 2. The predicted molar refractivity (Wildman–Crippen MR) is 244 cm³/mol. The molecule has 11 nitrogen and oxygen atoms in total. The Labute approximate surface area is 356 Å². The smallest absolute Gasteiger partial charge is 0.343 e. The number of esters is 2. The maximum absolute atomic E-state index is 13.7. The summed E-state index contributed by atoms with van der Waals surface area (Å²) >= 11 is 3.01. The van der Waals surface area contributed by atoms with Gasteiger partial charge in [0.25, 0.3) is 0 Å². The Morgan fingerprint density at radius 3 is 1.97 bits per heavy atom. The van der Waals surface area contributed by atoms with Gasteiger partial charge in [0, 0.05) is 17.2 Å². The van der Waals surface area contributed by atoms with Crippen LogP contribution in [0, 0.1) is 0 Å². The fraction of sp³-hybridized carbons (Fsp3) is 0.191. The molecule has 304 valence electrons. The van der Waals surface area contributed by atoms with E-state index in [1.54, 1.807) is 42.8 Å². The number of nitrogens with one attached hydrogen (secondary N) is 2. The van der Waals surface area contributed by atoms with Crippen molar-refractivity contribution in [1.29, 1.82) is 0 Å². The average molecular weight is 837 g/mol. The minimum atomic E-state index is -0.542. The Morgan fingerprint density at radius 2 is 1.35 bits per heavy atom. The summed E-state index contributed by atoms with van der Waals surface area (Å²) in [4.78, 5) is 34.2. The van der Waals surface area contributed by atoms with Crippen LogP contribution in [0.4, 0.5) is 10.3 Å². The SMILES string of the molecule is C=CC(=O)OCCCCCCOc1ccc(C(=O)Oc2cc(/C=N/Nc3nc4ccccc4s3)c(-c3ccc(CCC)cc3)cc2/C=N/Nc2nc3ccccc3s2)cc1. The highest BCUT2D eigenvalue weighted by atomic mass is 32.1. The first-order chi connectivity index (χ1) is 29.4. The Balaban J connectivity index is 1.12. The Kier molecular flexibility index (Phi) is 14.4. The van der Waals surface area contributed by atoms with Gasteiger partial charge in [-0.05, 0) is 109 Å². The second-order valence-corrected chi connectivity index (χ2v) is 15.7. The number of unbranched alkanes of at least 4 members (excludes halogenated alkanes) is 3. The highest BCUT2D eigenvalue weighted by Gasteiger charge is 2.17. The molecule has 0 aliphatic heterocycles. The highest BCUT2D eigenvalue weighted by molar-refractivity contribution is 7.22. The van der Waals surface area contributed by atoms with Gasteiger partial charge in [-0.25, -0.2) is 19.6 Å². The van der Waals surface area contributed by atoms with Gasteiger partial charge >= 0.3 is 11.9 Å². The summed E-state index contributed by atoms with van der Waals surface area (Å²) < 4.78 is 19.2. The van der Waals surface area contributed by atoms with Gasteiger partial charge in [-0.2, -0.15) is 10.2 Å². The molecule has 7 rings (SSSR count). The molecule has 0 saturated carbocycles. The largest absolute Gasteiger partial charge is 0.494 e. The average Bonchev–Trinajstić information content (AvgIpc) is 3.89. The van der Waals surface area contributed by atoms with E-state index < -0.39 is 11.9 Å². The van der Waals surface area contributed by atoms with Crippen molar-refractivity contribution in [3.05, 3.63) is 144 Å². The number of benzene rings is 5. The van der Waals surface area contributed by atoms with E-state index >= 15 is 0 Å². The van der Waals surface area contributed by atoms with Crippen LogP contribution in [0.1, 0.15) is 66.1 Å². The van der Waals surface area contributed by atoms with E-state index in [9.17, 15) is 9.59 Å². The number of fused-ring (bicyclic) bond motifs is 2. The fourth-order valence-electron chi connectivity index (χ4n) is 6.28. The zero-order chi connectivity index (χ0) is 41.5. The van der Waals surface area contributed by atoms with E-state index in [4.69, 9.17) is 14.2 Å². The minimum Gasteiger partial charge on any atom is -0.494 e. The lowest BCUT2D eigenvalue weighted by molar-refractivity contribution is -0.137. The molecule has 0 amide bonds. The first-order valence-corrected chi connectivity index (χ1v) is 21.4. The van der Waals surface area contributed by atoms with Crippen LogP contribution in [0.25, 0.3) is 31.6 Å². The molecule has 60 heavy (non-hydrogen) atoms. The lowest BCUT2D eigenvalue weighted by Crippen LogP contribution is -2.11. The van der Waals surface area contributed by atoms with E-state index in [0.29, 0.717) is 51.7 Å². The Bertz CT molecular complexity index is 2550. The molecule has 2 N–H and O–H groups in total. The summed E-state index contributed by atoms with van der Waals surface area (Å²) in [5.74, 6) is -0.00442. The van der Waals surface area contributed by atoms with Crippen LogP contribution in [-0.4, -0.2) is 47.5 Å².